The highest BCUT2D eigenvalue weighted by Crippen LogP contribution is 2.39. The van der Waals surface area contributed by atoms with Crippen LogP contribution in [-0.2, 0) is 0 Å². The minimum atomic E-state index is 0.795. The van der Waals surface area contributed by atoms with Crippen molar-refractivity contribution < 1.29 is 0 Å². The second-order valence-electron chi connectivity index (χ2n) is 7.24. The molecule has 2 fully saturated rings. The molecular weight excluding hydrogens is 218 g/mol. The van der Waals surface area contributed by atoms with Crippen LogP contribution >= 0.6 is 0 Å². The van der Waals surface area contributed by atoms with Crippen molar-refractivity contribution in [2.24, 2.45) is 23.7 Å². The molecule has 106 valence electrons. The fourth-order valence-electron chi connectivity index (χ4n) is 4.10. The van der Waals surface area contributed by atoms with Gasteiger partial charge in [0.2, 0.25) is 0 Å². The highest BCUT2D eigenvalue weighted by Gasteiger charge is 2.29. The van der Waals surface area contributed by atoms with Crippen molar-refractivity contribution in [2.45, 2.75) is 71.6 Å². The van der Waals surface area contributed by atoms with Gasteiger partial charge in [-0.2, -0.15) is 0 Å². The van der Waals surface area contributed by atoms with Crippen molar-refractivity contribution in [3.8, 4) is 0 Å². The molecule has 0 aromatic carbocycles. The Morgan fingerprint density at radius 2 is 1.61 bits per heavy atom. The maximum atomic E-state index is 3.69. The highest BCUT2D eigenvalue weighted by molar-refractivity contribution is 4.82. The molecule has 0 amide bonds. The molecule has 2 unspecified atom stereocenters. The van der Waals surface area contributed by atoms with Gasteiger partial charge in [0.05, 0.1) is 0 Å². The minimum Gasteiger partial charge on any atom is -0.316 e. The standard InChI is InChI=1S/C17H33N/c1-14(2)12-18-13-17-10-6-9-16(17)11-15-7-4-3-5-8-15/h14-18H,3-13H2,1-2H3. The van der Waals surface area contributed by atoms with Crippen LogP contribution in [0.2, 0.25) is 0 Å². The molecule has 0 spiro atoms. The van der Waals surface area contributed by atoms with Crippen molar-refractivity contribution >= 4 is 0 Å². The Hall–Kier alpha value is -0.0400. The van der Waals surface area contributed by atoms with Crippen molar-refractivity contribution in [2.75, 3.05) is 13.1 Å². The van der Waals surface area contributed by atoms with Gasteiger partial charge in [-0.15, -0.1) is 0 Å². The molecule has 0 bridgehead atoms. The monoisotopic (exact) mass is 251 g/mol. The summed E-state index contributed by atoms with van der Waals surface area (Å²) in [5.74, 6) is 3.91. The van der Waals surface area contributed by atoms with E-state index in [1.54, 1.807) is 6.42 Å². The quantitative estimate of drug-likeness (QED) is 0.726. The summed E-state index contributed by atoms with van der Waals surface area (Å²) in [6.45, 7) is 7.10. The van der Waals surface area contributed by atoms with E-state index in [2.05, 4.69) is 19.2 Å². The van der Waals surface area contributed by atoms with Crippen LogP contribution < -0.4 is 5.32 Å². The van der Waals surface area contributed by atoms with Gasteiger partial charge in [-0.25, -0.2) is 0 Å². The lowest BCUT2D eigenvalue weighted by atomic mass is 9.79. The predicted octanol–water partition coefficient (Wildman–Crippen LogP) is 4.62. The number of nitrogens with one attached hydrogen (secondary N) is 1. The molecule has 1 nitrogen and oxygen atoms in total. The summed E-state index contributed by atoms with van der Waals surface area (Å²) in [4.78, 5) is 0. The van der Waals surface area contributed by atoms with Gasteiger partial charge < -0.3 is 5.32 Å². The van der Waals surface area contributed by atoms with Crippen LogP contribution in [0.25, 0.3) is 0 Å². The zero-order chi connectivity index (χ0) is 12.8. The van der Waals surface area contributed by atoms with Gasteiger partial charge in [-0.1, -0.05) is 58.8 Å². The van der Waals surface area contributed by atoms with E-state index in [0.717, 1.165) is 23.7 Å². The normalized spacial score (nSPS) is 30.2. The Morgan fingerprint density at radius 3 is 2.33 bits per heavy atom. The van der Waals surface area contributed by atoms with Gasteiger partial charge in [0.1, 0.15) is 0 Å². The Kier molecular flexibility index (Phi) is 6.01. The number of hydrogen-bond acceptors (Lipinski definition) is 1. The first-order chi connectivity index (χ1) is 8.75. The third kappa shape index (κ3) is 4.57. The van der Waals surface area contributed by atoms with E-state index in [1.165, 1.54) is 64.5 Å². The second-order valence-corrected chi connectivity index (χ2v) is 7.24. The van der Waals surface area contributed by atoms with E-state index in [1.807, 2.05) is 0 Å². The predicted molar refractivity (Wildman–Crippen MR) is 79.7 cm³/mol. The smallest absolute Gasteiger partial charge is 0.00178 e. The first kappa shape index (κ1) is 14.4. The molecule has 2 aliphatic carbocycles. The van der Waals surface area contributed by atoms with E-state index in [0.29, 0.717) is 0 Å². The summed E-state index contributed by atoms with van der Waals surface area (Å²) < 4.78 is 0. The molecule has 2 saturated carbocycles. The molecular formula is C17H33N. The Balaban J connectivity index is 1.69. The third-order valence-corrected chi connectivity index (χ3v) is 5.14. The molecule has 0 saturated heterocycles. The summed E-state index contributed by atoms with van der Waals surface area (Å²) in [6.07, 6.45) is 13.6. The molecule has 0 aromatic rings. The second kappa shape index (κ2) is 7.53. The molecule has 2 atom stereocenters. The Labute approximate surface area is 114 Å². The van der Waals surface area contributed by atoms with Crippen LogP contribution in [0.15, 0.2) is 0 Å². The molecule has 0 radical (unpaired) electrons. The zero-order valence-electron chi connectivity index (χ0n) is 12.6. The minimum absolute atomic E-state index is 0.795. The van der Waals surface area contributed by atoms with E-state index in [4.69, 9.17) is 0 Å². The SMILES string of the molecule is CC(C)CNCC1CCCC1CC1CCCCC1. The maximum absolute atomic E-state index is 3.69. The number of rotatable bonds is 6. The lowest BCUT2D eigenvalue weighted by Gasteiger charge is -2.28. The van der Waals surface area contributed by atoms with E-state index < -0.39 is 0 Å². The first-order valence-electron chi connectivity index (χ1n) is 8.46. The van der Waals surface area contributed by atoms with E-state index >= 15 is 0 Å². The van der Waals surface area contributed by atoms with Gasteiger partial charge in [-0.05, 0) is 49.6 Å². The molecule has 1 N–H and O–H groups in total. The van der Waals surface area contributed by atoms with Crippen LogP contribution in [0.3, 0.4) is 0 Å². The van der Waals surface area contributed by atoms with Gasteiger partial charge in [0.15, 0.2) is 0 Å². The first-order valence-corrected chi connectivity index (χ1v) is 8.46. The van der Waals surface area contributed by atoms with Crippen molar-refractivity contribution in [1.82, 2.24) is 5.32 Å². The van der Waals surface area contributed by atoms with E-state index in [-0.39, 0.29) is 0 Å². The van der Waals surface area contributed by atoms with Crippen LogP contribution in [0, 0.1) is 23.7 Å². The van der Waals surface area contributed by atoms with Gasteiger partial charge >= 0.3 is 0 Å². The lowest BCUT2D eigenvalue weighted by molar-refractivity contribution is 0.247. The molecule has 2 rings (SSSR count). The largest absolute Gasteiger partial charge is 0.316 e. The van der Waals surface area contributed by atoms with Crippen molar-refractivity contribution in [1.29, 1.82) is 0 Å². The summed E-state index contributed by atoms with van der Waals surface area (Å²) >= 11 is 0. The van der Waals surface area contributed by atoms with Gasteiger partial charge in [0.25, 0.3) is 0 Å². The van der Waals surface area contributed by atoms with Crippen LogP contribution in [0.4, 0.5) is 0 Å². The van der Waals surface area contributed by atoms with Gasteiger partial charge in [0, 0.05) is 0 Å². The average molecular weight is 251 g/mol. The van der Waals surface area contributed by atoms with Crippen molar-refractivity contribution in [3.05, 3.63) is 0 Å². The summed E-state index contributed by atoms with van der Waals surface area (Å²) in [5, 5.41) is 3.69. The molecule has 0 aliphatic heterocycles. The summed E-state index contributed by atoms with van der Waals surface area (Å²) in [6, 6.07) is 0. The summed E-state index contributed by atoms with van der Waals surface area (Å²) in [7, 11) is 0. The molecule has 0 aromatic heterocycles. The van der Waals surface area contributed by atoms with Crippen LogP contribution in [0.1, 0.15) is 71.6 Å². The summed E-state index contributed by atoms with van der Waals surface area (Å²) in [5.41, 5.74) is 0. The molecule has 18 heavy (non-hydrogen) atoms. The fourth-order valence-corrected chi connectivity index (χ4v) is 4.10. The average Bonchev–Trinajstić information content (AvgIpc) is 2.78. The topological polar surface area (TPSA) is 12.0 Å². The zero-order valence-corrected chi connectivity index (χ0v) is 12.6. The molecule has 1 heteroatoms. The van der Waals surface area contributed by atoms with E-state index in [9.17, 15) is 0 Å². The highest BCUT2D eigenvalue weighted by atomic mass is 14.9. The van der Waals surface area contributed by atoms with Crippen molar-refractivity contribution in [3.63, 3.8) is 0 Å². The Morgan fingerprint density at radius 1 is 0.889 bits per heavy atom. The Bertz CT molecular complexity index is 218. The van der Waals surface area contributed by atoms with Gasteiger partial charge in [-0.3, -0.25) is 0 Å². The van der Waals surface area contributed by atoms with Crippen LogP contribution in [-0.4, -0.2) is 13.1 Å². The molecule has 2 aliphatic rings. The molecule has 0 heterocycles. The third-order valence-electron chi connectivity index (χ3n) is 5.14. The lowest BCUT2D eigenvalue weighted by Crippen LogP contribution is -2.29. The number of hydrogen-bond donors (Lipinski definition) is 1. The fraction of sp³-hybridized carbons (Fsp3) is 1.00. The van der Waals surface area contributed by atoms with Crippen LogP contribution in [0.5, 0.6) is 0 Å². The maximum Gasteiger partial charge on any atom is -0.00178 e.